The molecule has 132 valence electrons. The van der Waals surface area contributed by atoms with Crippen LogP contribution in [0.4, 0.5) is 0 Å². The minimum Gasteiger partial charge on any atom is -0.493 e. The summed E-state index contributed by atoms with van der Waals surface area (Å²) in [7, 11) is 5.12. The fraction of sp³-hybridized carbons (Fsp3) is 0.444. The molecule has 1 fully saturated rings. The van der Waals surface area contributed by atoms with Gasteiger partial charge in [0.25, 0.3) is 5.91 Å². The number of hydrogen-bond acceptors (Lipinski definition) is 5. The predicted molar refractivity (Wildman–Crippen MR) is 91.3 cm³/mol. The molecule has 2 heterocycles. The molecule has 0 atom stereocenters. The second-order valence-electron chi connectivity index (χ2n) is 6.25. The lowest BCUT2D eigenvalue weighted by atomic mass is 10.1. The van der Waals surface area contributed by atoms with Crippen molar-refractivity contribution in [3.63, 3.8) is 0 Å². The Balaban J connectivity index is 1.76. The average Bonchev–Trinajstić information content (AvgIpc) is 3.17. The van der Waals surface area contributed by atoms with Crippen molar-refractivity contribution in [1.29, 1.82) is 0 Å². The standard InChI is InChI=1S/C18H21N3O4/c1-20-17-12-10-15(24-3)14(23-2)9-11(12)8-13(17)16(19-20)18(22)21-4-6-25-7-5-21/h9-10H,4-8H2,1-3H3. The number of carbonyl (C=O) groups is 1. The van der Waals surface area contributed by atoms with Crippen molar-refractivity contribution in [2.45, 2.75) is 6.42 Å². The van der Waals surface area contributed by atoms with E-state index in [-0.39, 0.29) is 5.91 Å². The van der Waals surface area contributed by atoms with Gasteiger partial charge in [0.1, 0.15) is 0 Å². The fourth-order valence-corrected chi connectivity index (χ4v) is 3.64. The predicted octanol–water partition coefficient (Wildman–Crippen LogP) is 1.48. The molecule has 2 aliphatic rings. The maximum Gasteiger partial charge on any atom is 0.274 e. The Hall–Kier alpha value is -2.54. The van der Waals surface area contributed by atoms with Gasteiger partial charge in [0.05, 0.1) is 33.1 Å². The molecule has 0 spiro atoms. The Morgan fingerprint density at radius 2 is 1.84 bits per heavy atom. The molecule has 0 saturated carbocycles. The molecule has 7 heteroatoms. The van der Waals surface area contributed by atoms with Crippen LogP contribution in [0.1, 0.15) is 21.6 Å². The van der Waals surface area contributed by atoms with Crippen LogP contribution in [0.25, 0.3) is 11.3 Å². The first-order chi connectivity index (χ1) is 12.1. The third-order valence-electron chi connectivity index (χ3n) is 4.88. The number of nitrogens with zero attached hydrogens (tertiary/aromatic N) is 3. The van der Waals surface area contributed by atoms with Crippen LogP contribution in [0.2, 0.25) is 0 Å². The Kier molecular flexibility index (Phi) is 3.88. The Labute approximate surface area is 146 Å². The molecule has 0 unspecified atom stereocenters. The molecule has 1 amide bonds. The minimum absolute atomic E-state index is 0.0214. The van der Waals surface area contributed by atoms with Crippen LogP contribution in [0.15, 0.2) is 12.1 Å². The molecule has 1 aromatic carbocycles. The summed E-state index contributed by atoms with van der Waals surface area (Å²) in [6, 6.07) is 3.95. The lowest BCUT2D eigenvalue weighted by Gasteiger charge is -2.26. The zero-order chi connectivity index (χ0) is 17.6. The monoisotopic (exact) mass is 343 g/mol. The van der Waals surface area contributed by atoms with Crippen molar-refractivity contribution in [2.24, 2.45) is 7.05 Å². The van der Waals surface area contributed by atoms with Gasteiger partial charge in [-0.15, -0.1) is 0 Å². The topological polar surface area (TPSA) is 65.8 Å². The Morgan fingerprint density at radius 3 is 2.52 bits per heavy atom. The molecule has 1 aromatic heterocycles. The summed E-state index contributed by atoms with van der Waals surface area (Å²) in [5.74, 6) is 1.35. The summed E-state index contributed by atoms with van der Waals surface area (Å²) in [5.41, 5.74) is 4.66. The number of fused-ring (bicyclic) bond motifs is 3. The van der Waals surface area contributed by atoms with Gasteiger partial charge in [-0.25, -0.2) is 0 Å². The number of aromatic nitrogens is 2. The van der Waals surface area contributed by atoms with Crippen LogP contribution in [0.3, 0.4) is 0 Å². The van der Waals surface area contributed by atoms with Crippen LogP contribution >= 0.6 is 0 Å². The highest BCUT2D eigenvalue weighted by Crippen LogP contribution is 2.43. The molecule has 4 rings (SSSR count). The van der Waals surface area contributed by atoms with Crippen LogP contribution in [0.5, 0.6) is 11.5 Å². The molecule has 1 aliphatic heterocycles. The summed E-state index contributed by atoms with van der Waals surface area (Å²) in [5, 5.41) is 4.52. The molecular formula is C18H21N3O4. The van der Waals surface area contributed by atoms with Crippen LogP contribution in [0, 0.1) is 0 Å². The third-order valence-corrected chi connectivity index (χ3v) is 4.88. The van der Waals surface area contributed by atoms with E-state index in [1.165, 1.54) is 0 Å². The highest BCUT2D eigenvalue weighted by molar-refractivity contribution is 5.97. The van der Waals surface area contributed by atoms with E-state index in [4.69, 9.17) is 14.2 Å². The normalized spacial score (nSPS) is 15.7. The van der Waals surface area contributed by atoms with E-state index in [9.17, 15) is 4.79 Å². The van der Waals surface area contributed by atoms with Gasteiger partial charge in [0.2, 0.25) is 0 Å². The number of hydrogen-bond donors (Lipinski definition) is 0. The maximum absolute atomic E-state index is 12.9. The summed E-state index contributed by atoms with van der Waals surface area (Å²) in [6.45, 7) is 2.38. The zero-order valence-electron chi connectivity index (χ0n) is 14.7. The van der Waals surface area contributed by atoms with E-state index >= 15 is 0 Å². The molecule has 2 aromatic rings. The minimum atomic E-state index is -0.0214. The summed E-state index contributed by atoms with van der Waals surface area (Å²) >= 11 is 0. The van der Waals surface area contributed by atoms with Crippen molar-refractivity contribution < 1.29 is 19.0 Å². The van der Waals surface area contributed by atoms with Crippen molar-refractivity contribution in [3.8, 4) is 22.8 Å². The Morgan fingerprint density at radius 1 is 1.16 bits per heavy atom. The number of rotatable bonds is 3. The van der Waals surface area contributed by atoms with Crippen molar-refractivity contribution >= 4 is 5.91 Å². The number of amides is 1. The largest absolute Gasteiger partial charge is 0.493 e. The van der Waals surface area contributed by atoms with Gasteiger partial charge in [-0.2, -0.15) is 5.10 Å². The van der Waals surface area contributed by atoms with Gasteiger partial charge in [-0.1, -0.05) is 0 Å². The van der Waals surface area contributed by atoms with E-state index in [2.05, 4.69) is 5.10 Å². The van der Waals surface area contributed by atoms with Crippen LogP contribution in [-0.4, -0.2) is 61.1 Å². The maximum atomic E-state index is 12.9. The second kappa shape index (κ2) is 6.07. The summed E-state index contributed by atoms with van der Waals surface area (Å²) in [4.78, 5) is 14.7. The molecule has 0 bridgehead atoms. The summed E-state index contributed by atoms with van der Waals surface area (Å²) < 4.78 is 18.0. The van der Waals surface area contributed by atoms with Gasteiger partial charge >= 0.3 is 0 Å². The smallest absolute Gasteiger partial charge is 0.274 e. The van der Waals surface area contributed by atoms with E-state index in [0.29, 0.717) is 49.9 Å². The van der Waals surface area contributed by atoms with Gasteiger partial charge in [0, 0.05) is 37.7 Å². The molecule has 25 heavy (non-hydrogen) atoms. The highest BCUT2D eigenvalue weighted by Gasteiger charge is 2.33. The number of methoxy groups -OCH3 is 2. The molecule has 0 N–H and O–H groups in total. The fourth-order valence-electron chi connectivity index (χ4n) is 3.64. The van der Waals surface area contributed by atoms with Crippen molar-refractivity contribution in [3.05, 3.63) is 29.0 Å². The quantitative estimate of drug-likeness (QED) is 0.721. The Bertz CT molecular complexity index is 837. The first-order valence-electron chi connectivity index (χ1n) is 8.32. The second-order valence-corrected chi connectivity index (χ2v) is 6.25. The van der Waals surface area contributed by atoms with Gasteiger partial charge in [-0.3, -0.25) is 9.48 Å². The molecular weight excluding hydrogens is 322 g/mol. The summed E-state index contributed by atoms with van der Waals surface area (Å²) in [6.07, 6.45) is 0.671. The SMILES string of the molecule is COc1cc2c(cc1OC)-c1c(c(C(=O)N3CCOCC3)nn1C)C2. The number of ether oxygens (including phenoxy) is 3. The van der Waals surface area contributed by atoms with Crippen LogP contribution in [-0.2, 0) is 18.2 Å². The van der Waals surface area contributed by atoms with Gasteiger partial charge in [0.15, 0.2) is 17.2 Å². The molecule has 0 radical (unpaired) electrons. The first-order valence-corrected chi connectivity index (χ1v) is 8.32. The van der Waals surface area contributed by atoms with E-state index < -0.39 is 0 Å². The van der Waals surface area contributed by atoms with Crippen LogP contribution < -0.4 is 9.47 Å². The van der Waals surface area contributed by atoms with Gasteiger partial charge < -0.3 is 19.1 Å². The number of benzene rings is 1. The molecule has 1 saturated heterocycles. The first kappa shape index (κ1) is 16.0. The van der Waals surface area contributed by atoms with E-state index in [1.807, 2.05) is 24.1 Å². The highest BCUT2D eigenvalue weighted by atomic mass is 16.5. The van der Waals surface area contributed by atoms with E-state index in [0.717, 1.165) is 22.4 Å². The number of aryl methyl sites for hydroxylation is 1. The number of morpholine rings is 1. The third kappa shape index (κ3) is 2.46. The lowest BCUT2D eigenvalue weighted by molar-refractivity contribution is 0.0298. The average molecular weight is 343 g/mol. The molecule has 1 aliphatic carbocycles. The molecule has 7 nitrogen and oxygen atoms in total. The van der Waals surface area contributed by atoms with Gasteiger partial charge in [-0.05, 0) is 17.7 Å². The number of carbonyl (C=O) groups excluding carboxylic acids is 1. The zero-order valence-corrected chi connectivity index (χ0v) is 14.7. The van der Waals surface area contributed by atoms with Crippen molar-refractivity contribution in [2.75, 3.05) is 40.5 Å². The van der Waals surface area contributed by atoms with Crippen molar-refractivity contribution in [1.82, 2.24) is 14.7 Å². The van der Waals surface area contributed by atoms with E-state index in [1.54, 1.807) is 18.9 Å². The lowest BCUT2D eigenvalue weighted by Crippen LogP contribution is -2.41.